The van der Waals surface area contributed by atoms with Crippen molar-refractivity contribution >= 4 is 27.5 Å². The first-order chi connectivity index (χ1) is 7.66. The zero-order chi connectivity index (χ0) is 11.5. The fourth-order valence-corrected chi connectivity index (χ4v) is 2.40. The molecule has 0 aliphatic carbocycles. The number of carboxylic acids is 1. The molecule has 1 aromatic carbocycles. The van der Waals surface area contributed by atoms with Gasteiger partial charge < -0.3 is 5.11 Å². The molecule has 0 aliphatic heterocycles. The van der Waals surface area contributed by atoms with E-state index in [1.54, 1.807) is 11.3 Å². The summed E-state index contributed by atoms with van der Waals surface area (Å²) < 4.78 is 1.13. The molecule has 2 rings (SSSR count). The van der Waals surface area contributed by atoms with Crippen molar-refractivity contribution in [2.24, 2.45) is 0 Å². The molecule has 0 bridgehead atoms. The molecular weight excluding hydrogens is 224 g/mol. The Kier molecular flexibility index (Phi) is 3.17. The molecule has 0 fully saturated rings. The Labute approximate surface area is 96.9 Å². The standard InChI is InChI=1S/C11H12N2O2S/c1-7(12-6-10(14)15)11-13-8-4-2-3-5-9(8)16-11/h2-5,7,12H,6H2,1H3,(H,14,15). The van der Waals surface area contributed by atoms with E-state index in [9.17, 15) is 4.79 Å². The molecule has 5 heteroatoms. The molecule has 0 spiro atoms. The first kappa shape index (κ1) is 11.0. The summed E-state index contributed by atoms with van der Waals surface area (Å²) in [7, 11) is 0. The monoisotopic (exact) mass is 236 g/mol. The summed E-state index contributed by atoms with van der Waals surface area (Å²) in [5.74, 6) is -0.854. The number of aromatic nitrogens is 1. The van der Waals surface area contributed by atoms with Gasteiger partial charge in [0.15, 0.2) is 0 Å². The second-order valence-corrected chi connectivity index (χ2v) is 4.58. The summed E-state index contributed by atoms with van der Waals surface area (Å²) in [6.45, 7) is 1.87. The van der Waals surface area contributed by atoms with E-state index in [0.29, 0.717) is 0 Å². The Morgan fingerprint density at radius 3 is 3.00 bits per heavy atom. The minimum atomic E-state index is -0.854. The van der Waals surface area contributed by atoms with E-state index in [1.165, 1.54) is 0 Å². The van der Waals surface area contributed by atoms with Crippen molar-refractivity contribution in [3.8, 4) is 0 Å². The number of aliphatic carboxylic acids is 1. The van der Waals surface area contributed by atoms with Crippen LogP contribution >= 0.6 is 11.3 Å². The quantitative estimate of drug-likeness (QED) is 0.852. The lowest BCUT2D eigenvalue weighted by molar-refractivity contribution is -0.136. The van der Waals surface area contributed by atoms with Gasteiger partial charge in [0.1, 0.15) is 5.01 Å². The lowest BCUT2D eigenvalue weighted by Crippen LogP contribution is -2.25. The average Bonchev–Trinajstić information content (AvgIpc) is 2.69. The van der Waals surface area contributed by atoms with Crippen LogP contribution in [-0.2, 0) is 4.79 Å². The fourth-order valence-electron chi connectivity index (χ4n) is 1.40. The molecule has 0 aliphatic rings. The molecule has 1 atom stereocenters. The Morgan fingerprint density at radius 2 is 2.31 bits per heavy atom. The molecule has 1 aromatic heterocycles. The maximum atomic E-state index is 10.4. The molecular formula is C11H12N2O2S. The van der Waals surface area contributed by atoms with E-state index in [1.807, 2.05) is 31.2 Å². The van der Waals surface area contributed by atoms with Crippen LogP contribution in [0.25, 0.3) is 10.2 Å². The van der Waals surface area contributed by atoms with Crippen LogP contribution in [0.1, 0.15) is 18.0 Å². The maximum Gasteiger partial charge on any atom is 0.317 e. The summed E-state index contributed by atoms with van der Waals surface area (Å²) in [5, 5.41) is 12.4. The van der Waals surface area contributed by atoms with Crippen molar-refractivity contribution in [2.75, 3.05) is 6.54 Å². The minimum Gasteiger partial charge on any atom is -0.480 e. The van der Waals surface area contributed by atoms with Crippen LogP contribution in [-0.4, -0.2) is 22.6 Å². The third-order valence-electron chi connectivity index (χ3n) is 2.24. The summed E-state index contributed by atoms with van der Waals surface area (Å²) in [6.07, 6.45) is 0. The van der Waals surface area contributed by atoms with Gasteiger partial charge in [-0.15, -0.1) is 11.3 Å². The predicted octanol–water partition coefficient (Wildman–Crippen LogP) is 2.03. The summed E-state index contributed by atoms with van der Waals surface area (Å²) in [5.41, 5.74) is 0.964. The van der Waals surface area contributed by atoms with Crippen molar-refractivity contribution in [2.45, 2.75) is 13.0 Å². The van der Waals surface area contributed by atoms with Crippen LogP contribution in [0, 0.1) is 0 Å². The van der Waals surface area contributed by atoms with Crippen molar-refractivity contribution in [3.63, 3.8) is 0 Å². The van der Waals surface area contributed by atoms with Gasteiger partial charge in [0.25, 0.3) is 0 Å². The third kappa shape index (κ3) is 2.37. The van der Waals surface area contributed by atoms with Crippen LogP contribution < -0.4 is 5.32 Å². The fraction of sp³-hybridized carbons (Fsp3) is 0.273. The van der Waals surface area contributed by atoms with Crippen molar-refractivity contribution < 1.29 is 9.90 Å². The summed E-state index contributed by atoms with van der Waals surface area (Å²) in [6, 6.07) is 7.86. The van der Waals surface area contributed by atoms with Gasteiger partial charge in [0.05, 0.1) is 22.8 Å². The number of nitrogens with one attached hydrogen (secondary N) is 1. The van der Waals surface area contributed by atoms with Crippen LogP contribution in [0.4, 0.5) is 0 Å². The Balaban J connectivity index is 2.16. The molecule has 0 radical (unpaired) electrons. The van der Waals surface area contributed by atoms with Gasteiger partial charge >= 0.3 is 5.97 Å². The highest BCUT2D eigenvalue weighted by molar-refractivity contribution is 7.18. The highest BCUT2D eigenvalue weighted by atomic mass is 32.1. The third-order valence-corrected chi connectivity index (χ3v) is 3.46. The van der Waals surface area contributed by atoms with Crippen LogP contribution in [0.15, 0.2) is 24.3 Å². The van der Waals surface area contributed by atoms with Gasteiger partial charge in [-0.25, -0.2) is 4.98 Å². The number of para-hydroxylation sites is 1. The molecule has 1 heterocycles. The first-order valence-electron chi connectivity index (χ1n) is 4.97. The summed E-state index contributed by atoms with van der Waals surface area (Å²) in [4.78, 5) is 14.9. The zero-order valence-electron chi connectivity index (χ0n) is 8.80. The van der Waals surface area contributed by atoms with E-state index in [2.05, 4.69) is 10.3 Å². The molecule has 1 unspecified atom stereocenters. The molecule has 0 amide bonds. The number of hydrogen-bond donors (Lipinski definition) is 2. The number of hydrogen-bond acceptors (Lipinski definition) is 4. The predicted molar refractivity (Wildman–Crippen MR) is 63.7 cm³/mol. The number of carbonyl (C=O) groups is 1. The van der Waals surface area contributed by atoms with Crippen LogP contribution in [0.2, 0.25) is 0 Å². The van der Waals surface area contributed by atoms with Gasteiger partial charge in [-0.05, 0) is 19.1 Å². The lowest BCUT2D eigenvalue weighted by atomic mass is 10.3. The van der Waals surface area contributed by atoms with Crippen molar-refractivity contribution in [1.29, 1.82) is 0 Å². The number of fused-ring (bicyclic) bond motifs is 1. The largest absolute Gasteiger partial charge is 0.480 e. The number of rotatable bonds is 4. The Bertz CT molecular complexity index is 476. The summed E-state index contributed by atoms with van der Waals surface area (Å²) >= 11 is 1.59. The number of carboxylic acid groups (broad SMARTS) is 1. The zero-order valence-corrected chi connectivity index (χ0v) is 9.62. The van der Waals surface area contributed by atoms with E-state index in [0.717, 1.165) is 15.2 Å². The molecule has 2 aromatic rings. The topological polar surface area (TPSA) is 62.2 Å². The minimum absolute atomic E-state index is 0.0338. The van der Waals surface area contributed by atoms with Crippen molar-refractivity contribution in [3.05, 3.63) is 29.3 Å². The van der Waals surface area contributed by atoms with E-state index >= 15 is 0 Å². The highest BCUT2D eigenvalue weighted by Crippen LogP contribution is 2.25. The average molecular weight is 236 g/mol. The molecule has 0 saturated carbocycles. The number of nitrogens with zero attached hydrogens (tertiary/aromatic N) is 1. The van der Waals surface area contributed by atoms with Gasteiger partial charge in [-0.2, -0.15) is 0 Å². The van der Waals surface area contributed by atoms with Crippen LogP contribution in [0.5, 0.6) is 0 Å². The molecule has 16 heavy (non-hydrogen) atoms. The number of thiazole rings is 1. The Morgan fingerprint density at radius 1 is 1.56 bits per heavy atom. The van der Waals surface area contributed by atoms with Crippen LogP contribution in [0.3, 0.4) is 0 Å². The molecule has 0 saturated heterocycles. The molecule has 84 valence electrons. The highest BCUT2D eigenvalue weighted by Gasteiger charge is 2.11. The maximum absolute atomic E-state index is 10.4. The van der Waals surface area contributed by atoms with E-state index < -0.39 is 5.97 Å². The van der Waals surface area contributed by atoms with Gasteiger partial charge in [0, 0.05) is 0 Å². The van der Waals surface area contributed by atoms with Gasteiger partial charge in [-0.3, -0.25) is 10.1 Å². The normalized spacial score (nSPS) is 12.8. The smallest absolute Gasteiger partial charge is 0.317 e. The van der Waals surface area contributed by atoms with E-state index in [4.69, 9.17) is 5.11 Å². The van der Waals surface area contributed by atoms with E-state index in [-0.39, 0.29) is 12.6 Å². The Hall–Kier alpha value is -1.46. The first-order valence-corrected chi connectivity index (χ1v) is 5.79. The van der Waals surface area contributed by atoms with Gasteiger partial charge in [0.2, 0.25) is 0 Å². The molecule has 2 N–H and O–H groups in total. The second kappa shape index (κ2) is 4.59. The lowest BCUT2D eigenvalue weighted by Gasteiger charge is -2.07. The van der Waals surface area contributed by atoms with Crippen molar-refractivity contribution in [1.82, 2.24) is 10.3 Å². The second-order valence-electron chi connectivity index (χ2n) is 3.52. The molecule has 4 nitrogen and oxygen atoms in total. The van der Waals surface area contributed by atoms with Gasteiger partial charge in [-0.1, -0.05) is 12.1 Å². The SMILES string of the molecule is CC(NCC(=O)O)c1nc2ccccc2s1. The number of benzene rings is 1.